The summed E-state index contributed by atoms with van der Waals surface area (Å²) in [5, 5.41) is 10.6. The van der Waals surface area contributed by atoms with Crippen molar-refractivity contribution in [1.29, 1.82) is 0 Å². The number of nitrogens with zero attached hydrogens (tertiary/aromatic N) is 2. The maximum atomic E-state index is 4.24. The fourth-order valence-corrected chi connectivity index (χ4v) is 2.66. The molecule has 2 aromatic rings. The average Bonchev–Trinajstić information content (AvgIpc) is 2.43. The second-order valence-corrected chi connectivity index (χ2v) is 5.26. The minimum absolute atomic E-state index is 0.497. The van der Waals surface area contributed by atoms with E-state index in [0.717, 1.165) is 25.1 Å². The third kappa shape index (κ3) is 2.41. The predicted octanol–water partition coefficient (Wildman–Crippen LogP) is 3.88. The van der Waals surface area contributed by atoms with Gasteiger partial charge in [0.05, 0.1) is 0 Å². The van der Waals surface area contributed by atoms with Crippen LogP contribution in [0.2, 0.25) is 0 Å². The molecule has 0 saturated heterocycles. The molecular formula is C16H20N4. The SMILES string of the molecule is C=Cn1[nH]nc1C1CC=C(Nc2ccccc2C)CC1. The maximum absolute atomic E-state index is 4.24. The molecule has 0 saturated carbocycles. The summed E-state index contributed by atoms with van der Waals surface area (Å²) in [7, 11) is 0. The molecule has 4 nitrogen and oxygen atoms in total. The molecule has 0 radical (unpaired) electrons. The highest BCUT2D eigenvalue weighted by atomic mass is 15.5. The monoisotopic (exact) mass is 268 g/mol. The van der Waals surface area contributed by atoms with Gasteiger partial charge in [0.15, 0.2) is 5.82 Å². The summed E-state index contributed by atoms with van der Waals surface area (Å²) in [5.74, 6) is 1.60. The van der Waals surface area contributed by atoms with Gasteiger partial charge in [-0.2, -0.15) is 0 Å². The van der Waals surface area contributed by atoms with Crippen molar-refractivity contribution >= 4 is 11.9 Å². The molecule has 2 N–H and O–H groups in total. The Morgan fingerprint density at radius 3 is 2.90 bits per heavy atom. The van der Waals surface area contributed by atoms with E-state index in [0.29, 0.717) is 5.92 Å². The molecule has 1 atom stereocenters. The summed E-state index contributed by atoms with van der Waals surface area (Å²) in [6, 6.07) is 8.39. The minimum Gasteiger partial charge on any atom is -0.359 e. The van der Waals surface area contributed by atoms with Crippen molar-refractivity contribution in [2.45, 2.75) is 32.1 Å². The summed E-state index contributed by atoms with van der Waals surface area (Å²) in [6.45, 7) is 5.89. The predicted molar refractivity (Wildman–Crippen MR) is 82.4 cm³/mol. The molecule has 4 heteroatoms. The standard InChI is InChI=1S/C16H20N4/c1-3-20-16(18-19-20)13-8-10-14(11-9-13)17-15-7-5-4-6-12(15)2/h3-7,10,13,17,19H,1,8-9,11H2,2H3. The number of allylic oxidation sites excluding steroid dienone is 2. The van der Waals surface area contributed by atoms with E-state index in [1.165, 1.54) is 16.9 Å². The second kappa shape index (κ2) is 5.41. The molecule has 0 fully saturated rings. The quantitative estimate of drug-likeness (QED) is 0.883. The fraction of sp³-hybridized carbons (Fsp3) is 0.312. The number of nitrogens with one attached hydrogen (secondary N) is 2. The van der Waals surface area contributed by atoms with Crippen LogP contribution in [0.5, 0.6) is 0 Å². The molecule has 0 amide bonds. The van der Waals surface area contributed by atoms with Crippen LogP contribution in [-0.4, -0.2) is 15.0 Å². The van der Waals surface area contributed by atoms with Crippen LogP contribution in [0.1, 0.15) is 36.6 Å². The highest BCUT2D eigenvalue weighted by molar-refractivity contribution is 5.54. The fourth-order valence-electron chi connectivity index (χ4n) is 2.66. The van der Waals surface area contributed by atoms with Crippen molar-refractivity contribution in [3.8, 4) is 0 Å². The van der Waals surface area contributed by atoms with Gasteiger partial charge in [0, 0.05) is 23.5 Å². The van der Waals surface area contributed by atoms with Crippen LogP contribution < -0.4 is 5.32 Å². The van der Waals surface area contributed by atoms with Crippen LogP contribution in [0.3, 0.4) is 0 Å². The number of rotatable bonds is 4. The number of aromatic nitrogens is 3. The first-order valence-corrected chi connectivity index (χ1v) is 7.04. The van der Waals surface area contributed by atoms with E-state index in [1.807, 2.05) is 4.68 Å². The summed E-state index contributed by atoms with van der Waals surface area (Å²) in [6.07, 6.45) is 7.27. The van der Waals surface area contributed by atoms with Crippen molar-refractivity contribution in [2.24, 2.45) is 0 Å². The lowest BCUT2D eigenvalue weighted by Gasteiger charge is -2.25. The molecule has 104 valence electrons. The van der Waals surface area contributed by atoms with Crippen molar-refractivity contribution in [1.82, 2.24) is 15.0 Å². The van der Waals surface area contributed by atoms with Crippen molar-refractivity contribution in [2.75, 3.05) is 5.32 Å². The summed E-state index contributed by atoms with van der Waals surface area (Å²) in [4.78, 5) is 0. The zero-order chi connectivity index (χ0) is 13.9. The van der Waals surface area contributed by atoms with Gasteiger partial charge in [-0.15, -0.1) is 5.10 Å². The highest BCUT2D eigenvalue weighted by Crippen LogP contribution is 2.32. The lowest BCUT2D eigenvalue weighted by Crippen LogP contribution is -2.21. The van der Waals surface area contributed by atoms with Gasteiger partial charge in [-0.05, 0) is 37.8 Å². The highest BCUT2D eigenvalue weighted by Gasteiger charge is 2.21. The van der Waals surface area contributed by atoms with E-state index in [4.69, 9.17) is 0 Å². The van der Waals surface area contributed by atoms with Gasteiger partial charge < -0.3 is 5.32 Å². The number of hydrogen-bond donors (Lipinski definition) is 2. The van der Waals surface area contributed by atoms with E-state index in [2.05, 4.69) is 59.5 Å². The van der Waals surface area contributed by atoms with Crippen LogP contribution in [-0.2, 0) is 0 Å². The third-order valence-electron chi connectivity index (χ3n) is 3.92. The average molecular weight is 268 g/mol. The smallest absolute Gasteiger partial charge is 0.154 e. The van der Waals surface area contributed by atoms with Crippen LogP contribution in [0.4, 0.5) is 5.69 Å². The van der Waals surface area contributed by atoms with Gasteiger partial charge >= 0.3 is 0 Å². The Bertz CT molecular complexity index is 632. The zero-order valence-electron chi connectivity index (χ0n) is 11.8. The summed E-state index contributed by atoms with van der Waals surface area (Å²) >= 11 is 0. The molecule has 1 aromatic heterocycles. The second-order valence-electron chi connectivity index (χ2n) is 5.26. The zero-order valence-corrected chi connectivity index (χ0v) is 11.8. The van der Waals surface area contributed by atoms with Gasteiger partial charge in [-0.25, -0.2) is 9.90 Å². The maximum Gasteiger partial charge on any atom is 0.154 e. The molecule has 20 heavy (non-hydrogen) atoms. The number of H-pyrrole nitrogens is 1. The van der Waals surface area contributed by atoms with Gasteiger partial charge in [0.2, 0.25) is 0 Å². The molecule has 3 rings (SSSR count). The van der Waals surface area contributed by atoms with E-state index in [9.17, 15) is 0 Å². The molecule has 1 aromatic carbocycles. The molecular weight excluding hydrogens is 248 g/mol. The first-order valence-electron chi connectivity index (χ1n) is 7.04. The lowest BCUT2D eigenvalue weighted by molar-refractivity contribution is 0.481. The number of aryl methyl sites for hydroxylation is 1. The first-order chi connectivity index (χ1) is 9.78. The van der Waals surface area contributed by atoms with E-state index < -0.39 is 0 Å². The number of aromatic amines is 1. The van der Waals surface area contributed by atoms with Crippen LogP contribution in [0.25, 0.3) is 6.20 Å². The van der Waals surface area contributed by atoms with Gasteiger partial charge in [0.1, 0.15) is 0 Å². The molecule has 0 spiro atoms. The van der Waals surface area contributed by atoms with Crippen molar-refractivity contribution < 1.29 is 0 Å². The van der Waals surface area contributed by atoms with Crippen LogP contribution in [0, 0.1) is 6.92 Å². The van der Waals surface area contributed by atoms with Gasteiger partial charge in [0.25, 0.3) is 0 Å². The normalized spacial score (nSPS) is 18.6. The molecule has 1 heterocycles. The molecule has 0 bridgehead atoms. The lowest BCUT2D eigenvalue weighted by atomic mass is 9.91. The molecule has 1 aliphatic carbocycles. The Morgan fingerprint density at radius 1 is 1.45 bits per heavy atom. The molecule has 1 aliphatic rings. The van der Waals surface area contributed by atoms with E-state index in [-0.39, 0.29) is 0 Å². The Balaban J connectivity index is 1.66. The first kappa shape index (κ1) is 12.8. The number of anilines is 1. The Morgan fingerprint density at radius 2 is 2.30 bits per heavy atom. The number of para-hydroxylation sites is 1. The van der Waals surface area contributed by atoms with Gasteiger partial charge in [-0.1, -0.05) is 30.9 Å². The van der Waals surface area contributed by atoms with E-state index in [1.54, 1.807) is 6.20 Å². The molecule has 1 unspecified atom stereocenters. The minimum atomic E-state index is 0.497. The van der Waals surface area contributed by atoms with Crippen LogP contribution >= 0.6 is 0 Å². The van der Waals surface area contributed by atoms with E-state index >= 15 is 0 Å². The summed E-state index contributed by atoms with van der Waals surface area (Å²) in [5.41, 5.74) is 3.79. The van der Waals surface area contributed by atoms with Crippen molar-refractivity contribution in [3.05, 3.63) is 54.0 Å². The topological polar surface area (TPSA) is 45.6 Å². The molecule has 0 aliphatic heterocycles. The van der Waals surface area contributed by atoms with Gasteiger partial charge in [-0.3, -0.25) is 0 Å². The van der Waals surface area contributed by atoms with Crippen LogP contribution in [0.15, 0.2) is 42.6 Å². The number of hydrogen-bond acceptors (Lipinski definition) is 2. The van der Waals surface area contributed by atoms with Crippen molar-refractivity contribution in [3.63, 3.8) is 0 Å². The third-order valence-corrected chi connectivity index (χ3v) is 3.92. The summed E-state index contributed by atoms with van der Waals surface area (Å²) < 4.78 is 1.90. The number of benzene rings is 1. The Labute approximate surface area is 119 Å². The Hall–Kier alpha value is -2.23. The Kier molecular flexibility index (Phi) is 3.46. The largest absolute Gasteiger partial charge is 0.359 e.